The van der Waals surface area contributed by atoms with E-state index in [4.69, 9.17) is 0 Å². The van der Waals surface area contributed by atoms with Gasteiger partial charge in [0, 0.05) is 18.8 Å². The molecule has 0 fully saturated rings. The van der Waals surface area contributed by atoms with Gasteiger partial charge in [-0.3, -0.25) is 0 Å². The number of hydrogen-bond donors (Lipinski definition) is 0. The lowest BCUT2D eigenvalue weighted by Gasteiger charge is -2.00. The summed E-state index contributed by atoms with van der Waals surface area (Å²) in [5.41, 5.74) is -0.357. The topological polar surface area (TPSA) is 17.8 Å². The van der Waals surface area contributed by atoms with Crippen LogP contribution in [0.4, 0.5) is 13.2 Å². The van der Waals surface area contributed by atoms with Crippen molar-refractivity contribution in [3.05, 3.63) is 48.6 Å². The van der Waals surface area contributed by atoms with Gasteiger partial charge in [-0.15, -0.1) is 0 Å². The summed E-state index contributed by atoms with van der Waals surface area (Å²) in [5.74, 6) is 0.241. The Bertz CT molecular complexity index is 466. The number of hydrogen-bond acceptors (Lipinski definition) is 1. The number of allylic oxidation sites excluding steroid dienone is 5. The van der Waals surface area contributed by atoms with E-state index in [1.165, 1.54) is 17.7 Å². The molecular weight excluding hydrogens is 253 g/mol. The van der Waals surface area contributed by atoms with Crippen LogP contribution >= 0.6 is 0 Å². The predicted molar refractivity (Wildman–Crippen MR) is 72.5 cm³/mol. The monoisotopic (exact) mass is 272 g/mol. The summed E-state index contributed by atoms with van der Waals surface area (Å²) in [6, 6.07) is 0. The van der Waals surface area contributed by atoms with Crippen molar-refractivity contribution in [1.82, 2.24) is 9.55 Å². The van der Waals surface area contributed by atoms with E-state index in [1.54, 1.807) is 18.2 Å². The highest BCUT2D eigenvalue weighted by Crippen LogP contribution is 2.29. The number of aryl methyl sites for hydroxylation is 1. The van der Waals surface area contributed by atoms with E-state index < -0.39 is 11.9 Å². The van der Waals surface area contributed by atoms with Crippen LogP contribution in [0.5, 0.6) is 0 Å². The molecule has 0 N–H and O–H groups in total. The molecular formula is C14H19F3N2. The normalized spacial score (nSPS) is 12.3. The second kappa shape index (κ2) is 7.61. The summed E-state index contributed by atoms with van der Waals surface area (Å²) >= 11 is 0. The average Bonchev–Trinajstić information content (AvgIpc) is 2.75. The fraction of sp³-hybridized carbons (Fsp3) is 0.357. The van der Waals surface area contributed by atoms with Gasteiger partial charge in [0.2, 0.25) is 0 Å². The third kappa shape index (κ3) is 4.77. The number of rotatable bonds is 3. The van der Waals surface area contributed by atoms with E-state index in [1.807, 2.05) is 20.8 Å². The minimum Gasteiger partial charge on any atom is -0.333 e. The Morgan fingerprint density at radius 1 is 1.37 bits per heavy atom. The third-order valence-electron chi connectivity index (χ3n) is 2.11. The van der Waals surface area contributed by atoms with Gasteiger partial charge in [-0.2, -0.15) is 13.2 Å². The fourth-order valence-corrected chi connectivity index (χ4v) is 1.30. The maximum absolute atomic E-state index is 12.5. The van der Waals surface area contributed by atoms with Crippen molar-refractivity contribution >= 4 is 5.57 Å². The Morgan fingerprint density at radius 3 is 2.32 bits per heavy atom. The maximum Gasteiger partial charge on any atom is 0.434 e. The van der Waals surface area contributed by atoms with Crippen LogP contribution in [0.25, 0.3) is 5.57 Å². The first-order valence-corrected chi connectivity index (χ1v) is 5.96. The van der Waals surface area contributed by atoms with Gasteiger partial charge in [-0.05, 0) is 6.92 Å². The molecule has 19 heavy (non-hydrogen) atoms. The first kappa shape index (κ1) is 17.2. The molecule has 0 saturated heterocycles. The van der Waals surface area contributed by atoms with Crippen LogP contribution < -0.4 is 0 Å². The summed E-state index contributed by atoms with van der Waals surface area (Å²) in [5, 5.41) is 0. The van der Waals surface area contributed by atoms with E-state index in [0.29, 0.717) is 5.57 Å². The van der Waals surface area contributed by atoms with Gasteiger partial charge in [-0.25, -0.2) is 4.98 Å². The zero-order valence-electron chi connectivity index (χ0n) is 11.6. The van der Waals surface area contributed by atoms with Crippen LogP contribution in [0, 0.1) is 0 Å². The lowest BCUT2D eigenvalue weighted by atomic mass is 10.2. The molecule has 1 rings (SSSR count). The van der Waals surface area contributed by atoms with Gasteiger partial charge >= 0.3 is 6.18 Å². The molecule has 0 radical (unpaired) electrons. The van der Waals surface area contributed by atoms with Crippen LogP contribution in [0.1, 0.15) is 32.3 Å². The van der Waals surface area contributed by atoms with Gasteiger partial charge in [0.25, 0.3) is 0 Å². The minimum absolute atomic E-state index is 0.241. The predicted octanol–water partition coefficient (Wildman–Crippen LogP) is 4.61. The lowest BCUT2D eigenvalue weighted by Crippen LogP contribution is -2.05. The summed E-state index contributed by atoms with van der Waals surface area (Å²) < 4.78 is 38.7. The van der Waals surface area contributed by atoms with Crippen LogP contribution in [0.15, 0.2) is 37.1 Å². The molecule has 2 nitrogen and oxygen atoms in total. The fourth-order valence-electron chi connectivity index (χ4n) is 1.30. The first-order valence-electron chi connectivity index (χ1n) is 5.96. The van der Waals surface area contributed by atoms with E-state index in [2.05, 4.69) is 11.6 Å². The highest BCUT2D eigenvalue weighted by atomic mass is 19.4. The molecule has 0 aliphatic rings. The molecule has 5 heteroatoms. The van der Waals surface area contributed by atoms with Gasteiger partial charge < -0.3 is 4.57 Å². The van der Waals surface area contributed by atoms with E-state index in [9.17, 15) is 13.2 Å². The average molecular weight is 272 g/mol. The van der Waals surface area contributed by atoms with Gasteiger partial charge in [0.05, 0.1) is 0 Å². The van der Waals surface area contributed by atoms with Gasteiger partial charge in [-0.1, -0.05) is 44.7 Å². The summed E-state index contributed by atoms with van der Waals surface area (Å²) in [4.78, 5) is 3.57. The summed E-state index contributed by atoms with van der Waals surface area (Å²) in [7, 11) is 1.52. The molecule has 0 aliphatic carbocycles. The van der Waals surface area contributed by atoms with Gasteiger partial charge in [0.15, 0.2) is 5.69 Å². The standard InChI is InChI=1S/C12H13F3N2.C2H6/c1-4-6-7-9(5-2)11-16-10(8-17(11)3)12(13,14)15;1-2/h4-8H,2H2,1,3H3;1-2H3/b6-4-,9-7+;. The third-order valence-corrected chi connectivity index (χ3v) is 2.11. The Balaban J connectivity index is 0.00000154. The molecule has 106 valence electrons. The Hall–Kier alpha value is -1.78. The van der Waals surface area contributed by atoms with Crippen LogP contribution in [-0.2, 0) is 13.2 Å². The van der Waals surface area contributed by atoms with E-state index >= 15 is 0 Å². The van der Waals surface area contributed by atoms with Gasteiger partial charge in [0.1, 0.15) is 5.82 Å². The molecule has 0 unspecified atom stereocenters. The van der Waals surface area contributed by atoms with E-state index in [0.717, 1.165) is 6.20 Å². The number of nitrogens with zero attached hydrogens (tertiary/aromatic N) is 2. The highest BCUT2D eigenvalue weighted by molar-refractivity contribution is 5.70. The van der Waals surface area contributed by atoms with Crippen molar-refractivity contribution in [1.29, 1.82) is 0 Å². The maximum atomic E-state index is 12.5. The second-order valence-corrected chi connectivity index (χ2v) is 3.41. The minimum atomic E-state index is -4.43. The van der Waals surface area contributed by atoms with Crippen molar-refractivity contribution in [2.75, 3.05) is 0 Å². The molecule has 1 heterocycles. The van der Waals surface area contributed by atoms with Crippen LogP contribution in [-0.4, -0.2) is 9.55 Å². The molecule has 1 aromatic rings. The Labute approximate surface area is 112 Å². The SMILES string of the molecule is C=C/C(=C\C=C/C)c1nc(C(F)(F)F)cn1C.CC. The summed E-state index contributed by atoms with van der Waals surface area (Å²) in [6.07, 6.45) is 3.17. The molecule has 1 aromatic heterocycles. The van der Waals surface area contributed by atoms with Crippen molar-refractivity contribution < 1.29 is 13.2 Å². The van der Waals surface area contributed by atoms with Crippen molar-refractivity contribution in [2.24, 2.45) is 7.05 Å². The quantitative estimate of drug-likeness (QED) is 0.735. The Kier molecular flexibility index (Phi) is 6.90. The number of aromatic nitrogens is 2. The number of halogens is 3. The molecule has 0 bridgehead atoms. The molecule has 0 aliphatic heterocycles. The molecule has 0 aromatic carbocycles. The first-order chi connectivity index (χ1) is 8.90. The molecule has 0 atom stereocenters. The number of imidazole rings is 1. The summed E-state index contributed by atoms with van der Waals surface area (Å²) in [6.45, 7) is 9.38. The largest absolute Gasteiger partial charge is 0.434 e. The highest BCUT2D eigenvalue weighted by Gasteiger charge is 2.34. The van der Waals surface area contributed by atoms with Crippen molar-refractivity contribution in [3.8, 4) is 0 Å². The smallest absolute Gasteiger partial charge is 0.333 e. The zero-order chi connectivity index (χ0) is 15.1. The van der Waals surface area contributed by atoms with E-state index in [-0.39, 0.29) is 5.82 Å². The zero-order valence-corrected chi connectivity index (χ0v) is 11.6. The molecule has 0 amide bonds. The lowest BCUT2D eigenvalue weighted by molar-refractivity contribution is -0.141. The molecule has 0 spiro atoms. The van der Waals surface area contributed by atoms with Crippen molar-refractivity contribution in [2.45, 2.75) is 26.9 Å². The van der Waals surface area contributed by atoms with Crippen LogP contribution in [0.2, 0.25) is 0 Å². The van der Waals surface area contributed by atoms with Crippen molar-refractivity contribution in [3.63, 3.8) is 0 Å². The second-order valence-electron chi connectivity index (χ2n) is 3.41. The van der Waals surface area contributed by atoms with Crippen LogP contribution in [0.3, 0.4) is 0 Å². The Morgan fingerprint density at radius 2 is 1.95 bits per heavy atom. The molecule has 0 saturated carbocycles. The number of alkyl halides is 3.